The summed E-state index contributed by atoms with van der Waals surface area (Å²) in [5.74, 6) is 0.988. The van der Waals surface area contributed by atoms with Crippen molar-refractivity contribution in [2.24, 2.45) is 28.9 Å². The standard InChI is InChI=1S/C19H26N4O3/c1-22(2)15-5-3-4-14(23(15)26)17(24)21-16-12-6-11-7-13(16)10-19(8-11,9-12)18(20)25/h3-5,11-13,16H,6-10H2,1-2H3,(H2,20,25)(H,21,24). The molecule has 0 spiro atoms. The number of amides is 2. The van der Waals surface area contributed by atoms with E-state index in [-0.39, 0.29) is 40.8 Å². The third-order valence-electron chi connectivity index (χ3n) is 6.71. The Bertz CT molecular complexity index is 747. The summed E-state index contributed by atoms with van der Waals surface area (Å²) in [7, 11) is 3.54. The van der Waals surface area contributed by atoms with Gasteiger partial charge in [0.15, 0.2) is 5.69 Å². The van der Waals surface area contributed by atoms with E-state index in [1.54, 1.807) is 37.2 Å². The van der Waals surface area contributed by atoms with Crippen LogP contribution in [0.5, 0.6) is 0 Å². The molecule has 7 nitrogen and oxygen atoms in total. The second-order valence-corrected chi connectivity index (χ2v) is 8.57. The van der Waals surface area contributed by atoms with Crippen LogP contribution in [0.2, 0.25) is 0 Å². The fourth-order valence-electron chi connectivity index (χ4n) is 5.77. The van der Waals surface area contributed by atoms with Crippen LogP contribution in [-0.2, 0) is 4.79 Å². The molecule has 0 aromatic carbocycles. The molecule has 0 saturated heterocycles. The van der Waals surface area contributed by atoms with E-state index >= 15 is 0 Å². The molecule has 4 saturated carbocycles. The van der Waals surface area contributed by atoms with Crippen LogP contribution in [0, 0.1) is 28.4 Å². The molecule has 0 radical (unpaired) electrons. The summed E-state index contributed by atoms with van der Waals surface area (Å²) in [4.78, 5) is 26.5. The predicted molar refractivity (Wildman–Crippen MR) is 96.2 cm³/mol. The molecule has 5 rings (SSSR count). The minimum Gasteiger partial charge on any atom is -0.710 e. The minimum absolute atomic E-state index is 0.0227. The van der Waals surface area contributed by atoms with Crippen LogP contribution in [0.1, 0.15) is 42.6 Å². The van der Waals surface area contributed by atoms with Crippen LogP contribution in [0.25, 0.3) is 0 Å². The van der Waals surface area contributed by atoms with Gasteiger partial charge in [-0.15, -0.1) is 0 Å². The first-order valence-corrected chi connectivity index (χ1v) is 9.31. The average Bonchev–Trinajstić information content (AvgIpc) is 2.57. The van der Waals surface area contributed by atoms with Crippen molar-refractivity contribution in [2.45, 2.75) is 38.1 Å². The van der Waals surface area contributed by atoms with E-state index in [4.69, 9.17) is 5.73 Å². The van der Waals surface area contributed by atoms with Gasteiger partial charge in [-0.05, 0) is 62.0 Å². The lowest BCUT2D eigenvalue weighted by Gasteiger charge is -2.58. The van der Waals surface area contributed by atoms with Crippen LogP contribution in [0.4, 0.5) is 5.82 Å². The summed E-state index contributed by atoms with van der Waals surface area (Å²) in [6.07, 6.45) is 4.49. The Balaban J connectivity index is 1.55. The number of hydrogen-bond acceptors (Lipinski definition) is 4. The van der Waals surface area contributed by atoms with E-state index in [9.17, 15) is 14.8 Å². The molecule has 2 amide bonds. The van der Waals surface area contributed by atoms with Crippen LogP contribution in [-0.4, -0.2) is 32.0 Å². The maximum atomic E-state index is 12.8. The van der Waals surface area contributed by atoms with Crippen LogP contribution < -0.4 is 20.7 Å². The van der Waals surface area contributed by atoms with E-state index in [2.05, 4.69) is 5.32 Å². The molecule has 4 aliphatic rings. The number of carbonyl (C=O) groups is 2. The lowest BCUT2D eigenvalue weighted by Crippen LogP contribution is -2.62. The molecule has 2 atom stereocenters. The van der Waals surface area contributed by atoms with E-state index in [1.165, 1.54) is 0 Å². The number of carbonyl (C=O) groups excluding carboxylic acids is 2. The topological polar surface area (TPSA) is 102 Å². The largest absolute Gasteiger partial charge is 0.710 e. The zero-order valence-corrected chi connectivity index (χ0v) is 15.3. The SMILES string of the molecule is CN(C)c1cccc(C(=O)NC2C3CC4CC2CC(C(N)=O)(C4)C3)[n+]1[O-]. The number of pyridine rings is 1. The first-order valence-electron chi connectivity index (χ1n) is 9.31. The van der Waals surface area contributed by atoms with E-state index in [0.717, 1.165) is 32.1 Å². The van der Waals surface area contributed by atoms with Crippen molar-refractivity contribution in [2.75, 3.05) is 19.0 Å². The summed E-state index contributed by atoms with van der Waals surface area (Å²) in [5.41, 5.74) is 5.45. The van der Waals surface area contributed by atoms with Crippen molar-refractivity contribution in [1.29, 1.82) is 0 Å². The van der Waals surface area contributed by atoms with Gasteiger partial charge in [-0.1, -0.05) is 0 Å². The minimum atomic E-state index is -0.374. The zero-order valence-electron chi connectivity index (χ0n) is 15.3. The Labute approximate surface area is 153 Å². The predicted octanol–water partition coefficient (Wildman–Crippen LogP) is 0.796. The summed E-state index contributed by atoms with van der Waals surface area (Å²) in [6, 6.07) is 4.98. The molecule has 140 valence electrons. The Morgan fingerprint density at radius 3 is 2.46 bits per heavy atom. The normalized spacial score (nSPS) is 34.5. The second kappa shape index (κ2) is 5.86. The third kappa shape index (κ3) is 2.52. The molecular formula is C19H26N4O3. The van der Waals surface area contributed by atoms with E-state index in [1.807, 2.05) is 0 Å². The molecule has 3 N–H and O–H groups in total. The highest BCUT2D eigenvalue weighted by molar-refractivity contribution is 5.91. The van der Waals surface area contributed by atoms with Crippen molar-refractivity contribution in [1.82, 2.24) is 5.32 Å². The average molecular weight is 358 g/mol. The number of aromatic nitrogens is 1. The third-order valence-corrected chi connectivity index (χ3v) is 6.71. The molecule has 26 heavy (non-hydrogen) atoms. The first kappa shape index (κ1) is 17.1. The highest BCUT2D eigenvalue weighted by atomic mass is 16.5. The quantitative estimate of drug-likeness (QED) is 0.614. The van der Waals surface area contributed by atoms with Crippen molar-refractivity contribution < 1.29 is 14.3 Å². The number of primary amides is 1. The first-order chi connectivity index (χ1) is 12.3. The lowest BCUT2D eigenvalue weighted by atomic mass is 9.47. The maximum absolute atomic E-state index is 12.8. The van der Waals surface area contributed by atoms with Gasteiger partial charge in [-0.3, -0.25) is 14.5 Å². The van der Waals surface area contributed by atoms with Gasteiger partial charge in [0, 0.05) is 17.5 Å². The van der Waals surface area contributed by atoms with Gasteiger partial charge in [-0.2, -0.15) is 0 Å². The van der Waals surface area contributed by atoms with Crippen LogP contribution in [0.15, 0.2) is 18.2 Å². The van der Waals surface area contributed by atoms with Gasteiger partial charge in [0.2, 0.25) is 5.91 Å². The van der Waals surface area contributed by atoms with Crippen LogP contribution in [0.3, 0.4) is 0 Å². The molecule has 1 heterocycles. The molecular weight excluding hydrogens is 332 g/mol. The smallest absolute Gasteiger partial charge is 0.291 e. The summed E-state index contributed by atoms with van der Waals surface area (Å²) in [5, 5.41) is 15.6. The number of nitrogens with one attached hydrogen (secondary N) is 1. The molecule has 1 aromatic heterocycles. The highest BCUT2D eigenvalue weighted by Crippen LogP contribution is 2.59. The van der Waals surface area contributed by atoms with Crippen molar-refractivity contribution in [3.05, 3.63) is 29.1 Å². The fourth-order valence-corrected chi connectivity index (χ4v) is 5.77. The highest BCUT2D eigenvalue weighted by Gasteiger charge is 2.58. The maximum Gasteiger partial charge on any atom is 0.291 e. The molecule has 4 bridgehead atoms. The summed E-state index contributed by atoms with van der Waals surface area (Å²) < 4.78 is 0.677. The number of hydrogen-bond donors (Lipinski definition) is 2. The van der Waals surface area contributed by atoms with Gasteiger partial charge in [0.25, 0.3) is 11.7 Å². The summed E-state index contributed by atoms with van der Waals surface area (Å²) >= 11 is 0. The van der Waals surface area contributed by atoms with Crippen molar-refractivity contribution >= 4 is 17.6 Å². The molecule has 7 heteroatoms. The molecule has 4 fully saturated rings. The Morgan fingerprint density at radius 1 is 1.23 bits per heavy atom. The Hall–Kier alpha value is -2.31. The van der Waals surface area contributed by atoms with Gasteiger partial charge >= 0.3 is 0 Å². The molecule has 1 aromatic rings. The van der Waals surface area contributed by atoms with E-state index < -0.39 is 0 Å². The van der Waals surface area contributed by atoms with Crippen molar-refractivity contribution in [3.8, 4) is 0 Å². The molecule has 0 aliphatic heterocycles. The molecule has 4 aliphatic carbocycles. The van der Waals surface area contributed by atoms with Gasteiger partial charge < -0.3 is 16.3 Å². The summed E-state index contributed by atoms with van der Waals surface area (Å²) in [6.45, 7) is 0. The van der Waals surface area contributed by atoms with Gasteiger partial charge in [0.05, 0.1) is 14.1 Å². The van der Waals surface area contributed by atoms with Gasteiger partial charge in [-0.25, -0.2) is 4.73 Å². The lowest BCUT2D eigenvalue weighted by molar-refractivity contribution is -0.594. The fraction of sp³-hybridized carbons (Fsp3) is 0.632. The number of nitrogens with zero attached hydrogens (tertiary/aromatic N) is 2. The zero-order chi connectivity index (χ0) is 18.6. The monoisotopic (exact) mass is 358 g/mol. The van der Waals surface area contributed by atoms with Crippen LogP contribution >= 0.6 is 0 Å². The van der Waals surface area contributed by atoms with Gasteiger partial charge in [0.1, 0.15) is 0 Å². The number of anilines is 1. The Kier molecular flexibility index (Phi) is 3.86. The number of rotatable bonds is 4. The Morgan fingerprint density at radius 2 is 1.88 bits per heavy atom. The van der Waals surface area contributed by atoms with Crippen molar-refractivity contribution in [3.63, 3.8) is 0 Å². The van der Waals surface area contributed by atoms with E-state index in [0.29, 0.717) is 16.5 Å². The second-order valence-electron chi connectivity index (χ2n) is 8.57. The molecule has 2 unspecified atom stereocenters. The number of nitrogens with two attached hydrogens (primary N) is 1.